The van der Waals surface area contributed by atoms with Crippen LogP contribution in [-0.2, 0) is 4.79 Å². The van der Waals surface area contributed by atoms with E-state index in [1.165, 1.54) is 25.1 Å². The summed E-state index contributed by atoms with van der Waals surface area (Å²) in [6, 6.07) is 4.24. The van der Waals surface area contributed by atoms with Crippen molar-refractivity contribution < 1.29 is 14.3 Å². The molecule has 0 aliphatic rings. The van der Waals surface area contributed by atoms with Crippen molar-refractivity contribution in [1.29, 1.82) is 0 Å². The minimum atomic E-state index is -0.724. The number of rotatable bonds is 1. The summed E-state index contributed by atoms with van der Waals surface area (Å²) in [5.74, 6) is 4.38. The molecule has 0 bridgehead atoms. The Morgan fingerprint density at radius 2 is 2.33 bits per heavy atom. The van der Waals surface area contributed by atoms with E-state index < -0.39 is 11.6 Å². The Balaban J connectivity index is 2.72. The molecule has 0 unspecified atom stereocenters. The molecule has 0 fully saturated rings. The van der Waals surface area contributed by atoms with Crippen LogP contribution in [0.25, 0.3) is 0 Å². The van der Waals surface area contributed by atoms with Crippen LogP contribution in [0.1, 0.15) is 12.5 Å². The average molecular weight is 224 g/mol. The molecule has 0 amide bonds. The Labute approximate surface area is 91.5 Å². The number of hydrogen-bond acceptors (Lipinski definition) is 3. The van der Waals surface area contributed by atoms with Crippen molar-refractivity contribution in [3.05, 3.63) is 29.6 Å². The van der Waals surface area contributed by atoms with Gasteiger partial charge in [-0.3, -0.25) is 4.79 Å². The van der Waals surface area contributed by atoms with Crippen molar-refractivity contribution in [2.75, 3.05) is 5.75 Å². The summed E-state index contributed by atoms with van der Waals surface area (Å²) in [6.45, 7) is 1.45. The number of aromatic hydroxyl groups is 1. The normalized spacial score (nSPS) is 9.20. The highest BCUT2D eigenvalue weighted by Crippen LogP contribution is 2.17. The van der Waals surface area contributed by atoms with Gasteiger partial charge in [0.1, 0.15) is 0 Å². The van der Waals surface area contributed by atoms with E-state index in [0.29, 0.717) is 5.75 Å². The van der Waals surface area contributed by atoms with Gasteiger partial charge in [-0.1, -0.05) is 29.7 Å². The molecule has 0 aromatic heterocycles. The highest BCUT2D eigenvalue weighted by molar-refractivity contribution is 8.13. The minimum Gasteiger partial charge on any atom is -0.505 e. The van der Waals surface area contributed by atoms with Crippen LogP contribution >= 0.6 is 11.8 Å². The molecule has 0 saturated heterocycles. The van der Waals surface area contributed by atoms with E-state index in [-0.39, 0.29) is 10.7 Å². The molecule has 0 heterocycles. The lowest BCUT2D eigenvalue weighted by molar-refractivity contribution is -0.109. The van der Waals surface area contributed by atoms with Crippen molar-refractivity contribution in [3.63, 3.8) is 0 Å². The first kappa shape index (κ1) is 11.6. The maximum atomic E-state index is 13.2. The van der Waals surface area contributed by atoms with E-state index in [2.05, 4.69) is 11.8 Å². The summed E-state index contributed by atoms with van der Waals surface area (Å²) in [4.78, 5) is 10.6. The second kappa shape index (κ2) is 5.42. The topological polar surface area (TPSA) is 37.3 Å². The Bertz CT molecular complexity index is 432. The van der Waals surface area contributed by atoms with E-state index >= 15 is 0 Å². The van der Waals surface area contributed by atoms with Crippen LogP contribution in [0, 0.1) is 17.7 Å². The number of benzene rings is 1. The van der Waals surface area contributed by atoms with Gasteiger partial charge in [0.2, 0.25) is 0 Å². The molecule has 0 saturated carbocycles. The summed E-state index contributed by atoms with van der Waals surface area (Å²) in [6.07, 6.45) is 0. The monoisotopic (exact) mass is 224 g/mol. The number of carbonyl (C=O) groups excluding carboxylic acids is 1. The highest BCUT2D eigenvalue weighted by Gasteiger charge is 2.03. The molecule has 0 radical (unpaired) electrons. The van der Waals surface area contributed by atoms with Gasteiger partial charge in [-0.05, 0) is 12.1 Å². The second-order valence-electron chi connectivity index (χ2n) is 2.72. The third-order valence-corrected chi connectivity index (χ3v) is 2.24. The summed E-state index contributed by atoms with van der Waals surface area (Å²) in [7, 11) is 0. The second-order valence-corrected chi connectivity index (χ2v) is 3.87. The van der Waals surface area contributed by atoms with Crippen LogP contribution in [0.5, 0.6) is 5.75 Å². The zero-order chi connectivity index (χ0) is 11.3. The van der Waals surface area contributed by atoms with Crippen LogP contribution in [0.4, 0.5) is 4.39 Å². The number of hydrogen-bond donors (Lipinski definition) is 1. The van der Waals surface area contributed by atoms with Gasteiger partial charge in [-0.25, -0.2) is 4.39 Å². The molecule has 2 nitrogen and oxygen atoms in total. The van der Waals surface area contributed by atoms with Gasteiger partial charge in [0, 0.05) is 6.92 Å². The molecule has 0 aliphatic heterocycles. The van der Waals surface area contributed by atoms with Gasteiger partial charge in [0.05, 0.1) is 11.3 Å². The molecule has 78 valence electrons. The molecular formula is C11H9FO2S. The van der Waals surface area contributed by atoms with Crippen LogP contribution in [0.15, 0.2) is 18.2 Å². The Kier molecular flexibility index (Phi) is 4.19. The lowest BCUT2D eigenvalue weighted by Gasteiger charge is -1.95. The van der Waals surface area contributed by atoms with E-state index in [1.807, 2.05) is 0 Å². The Morgan fingerprint density at radius 1 is 1.60 bits per heavy atom. The molecule has 1 aromatic carbocycles. The lowest BCUT2D eigenvalue weighted by atomic mass is 10.2. The largest absolute Gasteiger partial charge is 0.505 e. The summed E-state index contributed by atoms with van der Waals surface area (Å²) in [5, 5.41) is 9.02. The van der Waals surface area contributed by atoms with Crippen LogP contribution in [-0.4, -0.2) is 16.0 Å². The molecule has 4 heteroatoms. The van der Waals surface area contributed by atoms with E-state index in [0.717, 1.165) is 11.8 Å². The molecule has 15 heavy (non-hydrogen) atoms. The van der Waals surface area contributed by atoms with Crippen molar-refractivity contribution >= 4 is 16.9 Å². The summed E-state index contributed by atoms with van der Waals surface area (Å²) in [5.41, 5.74) is 0.138. The van der Waals surface area contributed by atoms with Crippen molar-refractivity contribution in [2.24, 2.45) is 0 Å². The van der Waals surface area contributed by atoms with Crippen molar-refractivity contribution in [1.82, 2.24) is 0 Å². The minimum absolute atomic E-state index is 0.0271. The maximum absolute atomic E-state index is 13.2. The average Bonchev–Trinajstić information content (AvgIpc) is 2.18. The first-order valence-electron chi connectivity index (χ1n) is 4.21. The van der Waals surface area contributed by atoms with E-state index in [9.17, 15) is 9.18 Å². The molecule has 0 aliphatic carbocycles. The summed E-state index contributed by atoms with van der Waals surface area (Å²) >= 11 is 1.06. The van der Waals surface area contributed by atoms with Crippen molar-refractivity contribution in [2.45, 2.75) is 6.92 Å². The smallest absolute Gasteiger partial charge is 0.186 e. The predicted molar refractivity (Wildman–Crippen MR) is 58.1 cm³/mol. The van der Waals surface area contributed by atoms with E-state index in [4.69, 9.17) is 5.11 Å². The number of phenolic OH excluding ortho intramolecular Hbond substituents is 1. The van der Waals surface area contributed by atoms with Gasteiger partial charge < -0.3 is 5.11 Å². The van der Waals surface area contributed by atoms with Crippen LogP contribution in [0.3, 0.4) is 0 Å². The third kappa shape index (κ3) is 3.64. The zero-order valence-corrected chi connectivity index (χ0v) is 8.90. The highest BCUT2D eigenvalue weighted by atomic mass is 32.2. The van der Waals surface area contributed by atoms with Gasteiger partial charge in [0.25, 0.3) is 0 Å². The molecule has 0 spiro atoms. The van der Waals surface area contributed by atoms with Crippen LogP contribution in [0.2, 0.25) is 0 Å². The van der Waals surface area contributed by atoms with Gasteiger partial charge in [-0.2, -0.15) is 0 Å². The van der Waals surface area contributed by atoms with Gasteiger partial charge >= 0.3 is 0 Å². The molecular weight excluding hydrogens is 215 g/mol. The quantitative estimate of drug-likeness (QED) is 0.743. The standard InChI is InChI=1S/C11H9FO2S/c1-8(13)15-7-3-5-9-4-2-6-10(14)11(9)12/h2,4,6,14H,7H2,1H3. The number of halogens is 1. The number of carbonyl (C=O) groups is 1. The van der Waals surface area contributed by atoms with Gasteiger partial charge in [0.15, 0.2) is 16.7 Å². The Morgan fingerprint density at radius 3 is 3.00 bits per heavy atom. The maximum Gasteiger partial charge on any atom is 0.186 e. The van der Waals surface area contributed by atoms with Crippen molar-refractivity contribution in [3.8, 4) is 17.6 Å². The molecule has 1 aromatic rings. The molecule has 1 N–H and O–H groups in total. The zero-order valence-electron chi connectivity index (χ0n) is 8.08. The van der Waals surface area contributed by atoms with E-state index in [1.54, 1.807) is 0 Å². The first-order chi connectivity index (χ1) is 7.11. The fourth-order valence-corrected chi connectivity index (χ4v) is 1.23. The first-order valence-corrected chi connectivity index (χ1v) is 5.19. The third-order valence-electron chi connectivity index (χ3n) is 1.55. The summed E-state index contributed by atoms with van der Waals surface area (Å²) < 4.78 is 13.2. The number of phenols is 1. The molecule has 0 atom stereocenters. The SMILES string of the molecule is CC(=O)SCC#Cc1cccc(O)c1F. The van der Waals surface area contributed by atoms with Crippen LogP contribution < -0.4 is 0 Å². The Hall–Kier alpha value is -1.47. The number of thioether (sulfide) groups is 1. The predicted octanol–water partition coefficient (Wildman–Crippen LogP) is 2.16. The fraction of sp³-hybridized carbons (Fsp3) is 0.182. The molecule has 1 rings (SSSR count). The van der Waals surface area contributed by atoms with Gasteiger partial charge in [-0.15, -0.1) is 0 Å². The fourth-order valence-electron chi connectivity index (χ4n) is 0.885. The lowest BCUT2D eigenvalue weighted by Crippen LogP contribution is -1.85.